The molecule has 1 heterocycles. The van der Waals surface area contributed by atoms with Crippen LogP contribution < -0.4 is 0 Å². The monoisotopic (exact) mass is 392 g/mol. The third-order valence-electron chi connectivity index (χ3n) is 3.29. The number of rotatable bonds is 7. The van der Waals surface area contributed by atoms with Crippen molar-refractivity contribution in [1.29, 1.82) is 5.26 Å². The highest BCUT2D eigenvalue weighted by Gasteiger charge is 2.20. The Kier molecular flexibility index (Phi) is 6.74. The van der Waals surface area contributed by atoms with Crippen LogP contribution in [0.15, 0.2) is 46.5 Å². The van der Waals surface area contributed by atoms with Crippen molar-refractivity contribution in [3.8, 4) is 6.07 Å². The number of oxime groups is 1. The lowest BCUT2D eigenvalue weighted by Gasteiger charge is -2.08. The van der Waals surface area contributed by atoms with Gasteiger partial charge in [0.25, 0.3) is 0 Å². The topological polar surface area (TPSA) is 117 Å². The van der Waals surface area contributed by atoms with E-state index in [0.29, 0.717) is 16.9 Å². The van der Waals surface area contributed by atoms with Crippen LogP contribution in [0.3, 0.4) is 0 Å². The molecule has 0 aliphatic carbocycles. The number of nitriles is 1. The van der Waals surface area contributed by atoms with Gasteiger partial charge in [0.05, 0.1) is 11.3 Å². The van der Waals surface area contributed by atoms with E-state index in [1.807, 2.05) is 0 Å². The molecule has 1 aromatic rings. The Labute approximate surface area is 155 Å². The van der Waals surface area contributed by atoms with Gasteiger partial charge in [-0.25, -0.2) is 0 Å². The summed E-state index contributed by atoms with van der Waals surface area (Å²) in [6, 6.07) is 8.52. The molecule has 1 aromatic carbocycles. The van der Waals surface area contributed by atoms with E-state index in [-0.39, 0.29) is 21.9 Å². The van der Waals surface area contributed by atoms with E-state index in [0.717, 1.165) is 11.8 Å². The summed E-state index contributed by atoms with van der Waals surface area (Å²) >= 11 is 1.06. The van der Waals surface area contributed by atoms with Crippen LogP contribution in [0.5, 0.6) is 0 Å². The van der Waals surface area contributed by atoms with Gasteiger partial charge in [-0.2, -0.15) is 13.7 Å². The molecule has 9 heteroatoms. The van der Waals surface area contributed by atoms with E-state index < -0.39 is 22.5 Å². The first-order valence-corrected chi connectivity index (χ1v) is 10.0. The lowest BCUT2D eigenvalue weighted by molar-refractivity contribution is 0.0903. The fourth-order valence-electron chi connectivity index (χ4n) is 2.17. The molecular weight excluding hydrogens is 376 g/mol. The van der Waals surface area contributed by atoms with Crippen LogP contribution in [0.25, 0.3) is 5.57 Å². The standard InChI is InChI=1S/C17H16N2O5S2/c1-2-9-26(22,23)24-19-17-8-7-16(25-17)14(10-18)12-5-3-4-6-13(12)15(21)11-20/h3-8,20H,2,9,11H2,1H3/b16-14-,19-17+. The molecule has 0 saturated heterocycles. The van der Waals surface area contributed by atoms with Gasteiger partial charge in [0.15, 0.2) is 5.78 Å². The SMILES string of the molecule is CCCS(=O)(=O)O/N=C1C=C/C(=C(\C#N)c2ccccc2C(=O)CO)S\1. The van der Waals surface area contributed by atoms with E-state index in [4.69, 9.17) is 5.11 Å². The maximum Gasteiger partial charge on any atom is 0.328 e. The van der Waals surface area contributed by atoms with E-state index in [1.54, 1.807) is 31.2 Å². The first kappa shape index (κ1) is 19.9. The summed E-state index contributed by atoms with van der Waals surface area (Å²) in [5.41, 5.74) is 0.854. The average Bonchev–Trinajstić information content (AvgIpc) is 3.09. The smallest absolute Gasteiger partial charge is 0.328 e. The highest BCUT2D eigenvalue weighted by atomic mass is 32.2. The Bertz CT molecular complexity index is 940. The maximum absolute atomic E-state index is 11.9. The van der Waals surface area contributed by atoms with Gasteiger partial charge >= 0.3 is 10.1 Å². The zero-order valence-corrected chi connectivity index (χ0v) is 15.5. The Morgan fingerprint density at radius 2 is 2.00 bits per heavy atom. The summed E-state index contributed by atoms with van der Waals surface area (Å²) in [7, 11) is -3.72. The van der Waals surface area contributed by atoms with Gasteiger partial charge in [-0.3, -0.25) is 9.08 Å². The fraction of sp³-hybridized carbons (Fsp3) is 0.235. The van der Waals surface area contributed by atoms with Crippen LogP contribution >= 0.6 is 11.8 Å². The normalized spacial score (nSPS) is 17.2. The number of ketones is 1. The Balaban J connectivity index is 2.33. The minimum Gasteiger partial charge on any atom is -0.388 e. The summed E-state index contributed by atoms with van der Waals surface area (Å²) < 4.78 is 27.7. The van der Waals surface area contributed by atoms with Crippen LogP contribution in [-0.2, 0) is 14.4 Å². The summed E-state index contributed by atoms with van der Waals surface area (Å²) in [6.07, 6.45) is 3.53. The van der Waals surface area contributed by atoms with Crippen LogP contribution in [-0.4, -0.2) is 36.7 Å². The van der Waals surface area contributed by atoms with Gasteiger partial charge in [0.1, 0.15) is 17.7 Å². The summed E-state index contributed by atoms with van der Waals surface area (Å²) in [5.74, 6) is -0.634. The van der Waals surface area contributed by atoms with Gasteiger partial charge < -0.3 is 5.11 Å². The van der Waals surface area contributed by atoms with Crippen molar-refractivity contribution < 1.29 is 22.6 Å². The molecule has 7 nitrogen and oxygen atoms in total. The molecule has 0 saturated carbocycles. The molecule has 0 bridgehead atoms. The van der Waals surface area contributed by atoms with Crippen molar-refractivity contribution in [2.75, 3.05) is 12.4 Å². The number of hydrogen-bond acceptors (Lipinski definition) is 8. The molecule has 1 aliphatic heterocycles. The molecule has 0 unspecified atom stereocenters. The second kappa shape index (κ2) is 8.80. The Morgan fingerprint density at radius 1 is 1.31 bits per heavy atom. The highest BCUT2D eigenvalue weighted by Crippen LogP contribution is 2.35. The zero-order valence-electron chi connectivity index (χ0n) is 13.9. The minimum absolute atomic E-state index is 0.138. The minimum atomic E-state index is -3.72. The largest absolute Gasteiger partial charge is 0.388 e. The van der Waals surface area contributed by atoms with Gasteiger partial charge in [-0.1, -0.05) is 48.1 Å². The third-order valence-corrected chi connectivity index (χ3v) is 5.48. The second-order valence-corrected chi connectivity index (χ2v) is 7.91. The summed E-state index contributed by atoms with van der Waals surface area (Å²) in [6.45, 7) is 1.05. The van der Waals surface area contributed by atoms with E-state index >= 15 is 0 Å². The summed E-state index contributed by atoms with van der Waals surface area (Å²) in [4.78, 5) is 12.4. The first-order chi connectivity index (χ1) is 12.4. The molecule has 0 aromatic heterocycles. The first-order valence-electron chi connectivity index (χ1n) is 7.65. The number of hydrogen-bond donors (Lipinski definition) is 1. The molecule has 26 heavy (non-hydrogen) atoms. The van der Waals surface area contributed by atoms with E-state index in [2.05, 4.69) is 15.5 Å². The highest BCUT2D eigenvalue weighted by molar-refractivity contribution is 8.18. The van der Waals surface area contributed by atoms with Crippen molar-refractivity contribution in [3.05, 3.63) is 52.4 Å². The molecule has 0 fully saturated rings. The van der Waals surface area contributed by atoms with Crippen LogP contribution in [0.2, 0.25) is 0 Å². The third kappa shape index (κ3) is 4.82. The molecule has 1 N–H and O–H groups in total. The molecule has 136 valence electrons. The quantitative estimate of drug-likeness (QED) is 0.430. The predicted molar refractivity (Wildman–Crippen MR) is 99.7 cm³/mol. The number of nitrogens with zero attached hydrogens (tertiary/aromatic N) is 2. The Morgan fingerprint density at radius 3 is 2.62 bits per heavy atom. The molecular formula is C17H16N2O5S2. The molecule has 0 radical (unpaired) electrons. The van der Waals surface area contributed by atoms with E-state index in [9.17, 15) is 18.5 Å². The van der Waals surface area contributed by atoms with Gasteiger partial charge in [-0.05, 0) is 18.6 Å². The maximum atomic E-state index is 11.9. The number of aliphatic hydroxyl groups excluding tert-OH is 1. The molecule has 1 aliphatic rings. The molecule has 0 amide bonds. The molecule has 0 atom stereocenters. The second-order valence-electron chi connectivity index (χ2n) is 5.18. The average molecular weight is 392 g/mol. The zero-order chi connectivity index (χ0) is 19.2. The Hall–Kier alpha value is -2.41. The lowest BCUT2D eigenvalue weighted by atomic mass is 9.97. The molecule has 0 spiro atoms. The van der Waals surface area contributed by atoms with Gasteiger partial charge in [-0.15, -0.1) is 0 Å². The predicted octanol–water partition coefficient (Wildman–Crippen LogP) is 2.47. The van der Waals surface area contributed by atoms with Crippen molar-refractivity contribution in [1.82, 2.24) is 0 Å². The molecule has 2 rings (SSSR count). The number of carbonyl (C=O) groups is 1. The van der Waals surface area contributed by atoms with Gasteiger partial charge in [0.2, 0.25) is 0 Å². The van der Waals surface area contributed by atoms with Crippen LogP contribution in [0.4, 0.5) is 0 Å². The number of Topliss-reactive ketones (excluding diaryl/α,β-unsaturated/α-hetero) is 1. The van der Waals surface area contributed by atoms with E-state index in [1.165, 1.54) is 12.1 Å². The van der Waals surface area contributed by atoms with Crippen LogP contribution in [0.1, 0.15) is 29.3 Å². The van der Waals surface area contributed by atoms with Crippen molar-refractivity contribution in [2.45, 2.75) is 13.3 Å². The summed E-state index contributed by atoms with van der Waals surface area (Å²) in [5, 5.41) is 22.5. The number of benzene rings is 1. The van der Waals surface area contributed by atoms with Crippen LogP contribution in [0, 0.1) is 11.3 Å². The number of aliphatic hydroxyl groups is 1. The number of carbonyl (C=O) groups excluding carboxylic acids is 1. The number of thioether (sulfide) groups is 1. The fourth-order valence-corrected chi connectivity index (χ4v) is 3.81. The number of allylic oxidation sites excluding steroid dienone is 2. The van der Waals surface area contributed by atoms with Crippen molar-refractivity contribution in [2.24, 2.45) is 5.16 Å². The van der Waals surface area contributed by atoms with Crippen molar-refractivity contribution in [3.63, 3.8) is 0 Å². The van der Waals surface area contributed by atoms with Crippen molar-refractivity contribution >= 4 is 38.3 Å². The van der Waals surface area contributed by atoms with Gasteiger partial charge in [0, 0.05) is 16.0 Å². The lowest BCUT2D eigenvalue weighted by Crippen LogP contribution is -2.07.